The number of hydrogen-bond acceptors (Lipinski definition) is 8. The van der Waals surface area contributed by atoms with Gasteiger partial charge in [-0.25, -0.2) is 0 Å². The molecule has 0 amide bonds. The third kappa shape index (κ3) is 10.7. The lowest BCUT2D eigenvalue weighted by atomic mass is 10.1. The van der Waals surface area contributed by atoms with E-state index in [1.54, 1.807) is 6.08 Å². The van der Waals surface area contributed by atoms with E-state index in [4.69, 9.17) is 23.7 Å². The van der Waals surface area contributed by atoms with E-state index in [1.807, 2.05) is 0 Å². The van der Waals surface area contributed by atoms with Crippen molar-refractivity contribution in [2.75, 3.05) is 85.8 Å². The molecule has 2 aromatic carbocycles. The van der Waals surface area contributed by atoms with Gasteiger partial charge < -0.3 is 23.7 Å². The molecule has 4 rings (SSSR count). The zero-order valence-electron chi connectivity index (χ0n) is 25.9. The summed E-state index contributed by atoms with van der Waals surface area (Å²) in [5.41, 5.74) is 2.72. The van der Waals surface area contributed by atoms with E-state index in [1.165, 1.54) is 24.0 Å². The highest BCUT2D eigenvalue weighted by Crippen LogP contribution is 2.49. The standard InChI is InChI=1S/C34H52N3O5P/c1-3-19-38-21-23-40-25-27-42-28-26-41-24-22-39-20-11-18-36-33(30-14-8-5-9-15-30)37-31(34(36)43-2)16-10-17-35-32(37)29-12-6-4-7-13-29/h3-9,12-15,31-35,43H,1,10-11,16-28H2,2H3. The molecule has 2 fully saturated rings. The highest BCUT2D eigenvalue weighted by Gasteiger charge is 2.49. The molecule has 0 bridgehead atoms. The quantitative estimate of drug-likeness (QED) is 0.119. The number of fused-ring (bicyclic) bond motifs is 1. The highest BCUT2D eigenvalue weighted by atomic mass is 31.1. The van der Waals surface area contributed by atoms with Crippen molar-refractivity contribution in [3.63, 3.8) is 0 Å². The second-order valence-corrected chi connectivity index (χ2v) is 12.0. The van der Waals surface area contributed by atoms with Crippen molar-refractivity contribution < 1.29 is 23.7 Å². The predicted molar refractivity (Wildman–Crippen MR) is 175 cm³/mol. The van der Waals surface area contributed by atoms with Gasteiger partial charge in [-0.05, 0) is 43.6 Å². The molecule has 0 aromatic heterocycles. The smallest absolute Gasteiger partial charge is 0.0909 e. The van der Waals surface area contributed by atoms with Gasteiger partial charge in [0.15, 0.2) is 0 Å². The van der Waals surface area contributed by atoms with Gasteiger partial charge in [0.25, 0.3) is 0 Å². The van der Waals surface area contributed by atoms with E-state index < -0.39 is 0 Å². The summed E-state index contributed by atoms with van der Waals surface area (Å²) in [6.45, 7) is 13.9. The fourth-order valence-corrected chi connectivity index (χ4v) is 7.44. The fraction of sp³-hybridized carbons (Fsp3) is 0.588. The maximum atomic E-state index is 5.98. The van der Waals surface area contributed by atoms with Gasteiger partial charge in [0.05, 0.1) is 71.8 Å². The lowest BCUT2D eigenvalue weighted by Crippen LogP contribution is -2.42. The van der Waals surface area contributed by atoms with Crippen LogP contribution in [0, 0.1) is 0 Å². The topological polar surface area (TPSA) is 64.7 Å². The lowest BCUT2D eigenvalue weighted by molar-refractivity contribution is -0.0103. The third-order valence-electron chi connectivity index (χ3n) is 7.95. The summed E-state index contributed by atoms with van der Waals surface area (Å²) < 4.78 is 27.9. The zero-order valence-corrected chi connectivity index (χ0v) is 26.9. The summed E-state index contributed by atoms with van der Waals surface area (Å²) >= 11 is 0. The van der Waals surface area contributed by atoms with Crippen molar-refractivity contribution in [2.24, 2.45) is 0 Å². The Morgan fingerprint density at radius 2 is 1.35 bits per heavy atom. The zero-order chi connectivity index (χ0) is 30.0. The fourth-order valence-electron chi connectivity index (χ4n) is 6.11. The first kappa shape index (κ1) is 34.2. The summed E-state index contributed by atoms with van der Waals surface area (Å²) in [6, 6.07) is 22.6. The van der Waals surface area contributed by atoms with Crippen molar-refractivity contribution >= 4 is 8.58 Å². The Hall–Kier alpha value is -1.71. The lowest BCUT2D eigenvalue weighted by Gasteiger charge is -2.37. The van der Waals surface area contributed by atoms with Gasteiger partial charge in [-0.15, -0.1) is 15.2 Å². The highest BCUT2D eigenvalue weighted by molar-refractivity contribution is 7.37. The van der Waals surface area contributed by atoms with E-state index in [0.29, 0.717) is 71.3 Å². The largest absolute Gasteiger partial charge is 0.379 e. The number of benzene rings is 2. The first-order valence-electron chi connectivity index (χ1n) is 15.9. The minimum absolute atomic E-state index is 0.203. The van der Waals surface area contributed by atoms with Crippen molar-refractivity contribution in [1.82, 2.24) is 15.1 Å². The van der Waals surface area contributed by atoms with Crippen LogP contribution in [-0.4, -0.2) is 107 Å². The maximum Gasteiger partial charge on any atom is 0.0909 e. The molecule has 2 aliphatic rings. The van der Waals surface area contributed by atoms with Crippen LogP contribution in [0.5, 0.6) is 0 Å². The molecule has 2 aliphatic heterocycles. The average Bonchev–Trinajstić information content (AvgIpc) is 3.19. The maximum absolute atomic E-state index is 5.98. The number of ether oxygens (including phenoxy) is 5. The monoisotopic (exact) mass is 613 g/mol. The van der Waals surface area contributed by atoms with Gasteiger partial charge in [-0.2, -0.15) is 0 Å². The van der Waals surface area contributed by atoms with Crippen LogP contribution < -0.4 is 5.32 Å². The van der Waals surface area contributed by atoms with E-state index in [9.17, 15) is 0 Å². The third-order valence-corrected chi connectivity index (χ3v) is 9.26. The summed E-state index contributed by atoms with van der Waals surface area (Å²) in [5.74, 6) is 0.538. The molecule has 5 atom stereocenters. The van der Waals surface area contributed by atoms with Gasteiger partial charge in [-0.1, -0.05) is 66.7 Å². The van der Waals surface area contributed by atoms with E-state index in [-0.39, 0.29) is 12.3 Å². The first-order chi connectivity index (χ1) is 21.3. The van der Waals surface area contributed by atoms with Crippen LogP contribution in [0.25, 0.3) is 0 Å². The Balaban J connectivity index is 1.20. The SMILES string of the molecule is C=CCOCCOCCOCCOCCOCCCN1C(PC)C2CCCNC(c3ccccc3)N2C1c1ccccc1. The van der Waals surface area contributed by atoms with Crippen LogP contribution in [0.4, 0.5) is 0 Å². The normalized spacial score (nSPS) is 23.1. The molecule has 9 heteroatoms. The number of rotatable bonds is 21. The van der Waals surface area contributed by atoms with Crippen LogP contribution in [0.2, 0.25) is 0 Å². The van der Waals surface area contributed by atoms with Crippen molar-refractivity contribution in [2.45, 2.75) is 43.4 Å². The van der Waals surface area contributed by atoms with Crippen LogP contribution in [0.15, 0.2) is 73.3 Å². The predicted octanol–water partition coefficient (Wildman–Crippen LogP) is 5.05. The Labute approximate surface area is 260 Å². The van der Waals surface area contributed by atoms with Gasteiger partial charge in [0, 0.05) is 25.0 Å². The second-order valence-electron chi connectivity index (χ2n) is 10.8. The molecule has 0 radical (unpaired) electrons. The Morgan fingerprint density at radius 3 is 1.93 bits per heavy atom. The molecule has 0 aliphatic carbocycles. The van der Waals surface area contributed by atoms with Crippen molar-refractivity contribution in [3.8, 4) is 0 Å². The molecule has 2 aromatic rings. The number of nitrogens with zero attached hydrogens (tertiary/aromatic N) is 2. The van der Waals surface area contributed by atoms with Gasteiger partial charge in [0.2, 0.25) is 0 Å². The first-order valence-corrected chi connectivity index (χ1v) is 17.5. The Kier molecular flexibility index (Phi) is 16.2. The Bertz CT molecular complexity index is 1000. The van der Waals surface area contributed by atoms with Crippen LogP contribution in [0.1, 0.15) is 42.7 Å². The molecule has 1 N–H and O–H groups in total. The summed E-state index contributed by atoms with van der Waals surface area (Å²) in [7, 11) is 0.855. The molecule has 43 heavy (non-hydrogen) atoms. The molecular weight excluding hydrogens is 561 g/mol. The Morgan fingerprint density at radius 1 is 0.791 bits per heavy atom. The minimum Gasteiger partial charge on any atom is -0.379 e. The molecule has 2 saturated heterocycles. The summed E-state index contributed by atoms with van der Waals surface area (Å²) in [6.07, 6.45) is 5.59. The second kappa shape index (κ2) is 20.3. The van der Waals surface area contributed by atoms with Gasteiger partial charge in [-0.3, -0.25) is 15.1 Å². The number of nitrogens with one attached hydrogen (secondary N) is 1. The van der Waals surface area contributed by atoms with Crippen LogP contribution in [-0.2, 0) is 23.7 Å². The van der Waals surface area contributed by atoms with E-state index in [0.717, 1.165) is 34.7 Å². The van der Waals surface area contributed by atoms with E-state index >= 15 is 0 Å². The van der Waals surface area contributed by atoms with Crippen LogP contribution >= 0.6 is 8.58 Å². The molecule has 2 heterocycles. The van der Waals surface area contributed by atoms with Crippen LogP contribution in [0.3, 0.4) is 0 Å². The van der Waals surface area contributed by atoms with Gasteiger partial charge in [0.1, 0.15) is 0 Å². The summed E-state index contributed by atoms with van der Waals surface area (Å²) in [5, 5.41) is 3.90. The minimum atomic E-state index is 0.203. The van der Waals surface area contributed by atoms with Gasteiger partial charge >= 0.3 is 0 Å². The summed E-state index contributed by atoms with van der Waals surface area (Å²) in [4.78, 5) is 5.54. The molecule has 0 spiro atoms. The molecule has 5 unspecified atom stereocenters. The molecule has 8 nitrogen and oxygen atoms in total. The molecule has 238 valence electrons. The average molecular weight is 614 g/mol. The molecular formula is C34H52N3O5P. The van der Waals surface area contributed by atoms with Crippen molar-refractivity contribution in [3.05, 3.63) is 84.4 Å². The molecule has 0 saturated carbocycles. The van der Waals surface area contributed by atoms with E-state index in [2.05, 4.69) is 89.0 Å². The van der Waals surface area contributed by atoms with Crippen molar-refractivity contribution in [1.29, 1.82) is 0 Å². The number of hydrogen-bond donors (Lipinski definition) is 1.